The molecule has 2 fully saturated rings. The maximum Gasteiger partial charge on any atom is 0.325 e. The van der Waals surface area contributed by atoms with E-state index < -0.39 is 5.54 Å². The maximum atomic E-state index is 11.7. The molecule has 104 valence electrons. The SMILES string of the molecule is COC(=O)C1(N)CCC(N2CCOCC2(C)C)C1. The van der Waals surface area contributed by atoms with Gasteiger partial charge in [-0.3, -0.25) is 9.69 Å². The number of carbonyl (C=O) groups is 1. The van der Waals surface area contributed by atoms with Gasteiger partial charge in [0.2, 0.25) is 0 Å². The minimum Gasteiger partial charge on any atom is -0.468 e. The fourth-order valence-electron chi connectivity index (χ4n) is 3.25. The standard InChI is InChI=1S/C13H24N2O3/c1-12(2)9-18-7-6-15(12)10-4-5-13(14,8-10)11(16)17-3/h10H,4-9,14H2,1-3H3. The Balaban J connectivity index is 2.06. The molecular formula is C13H24N2O3. The molecule has 1 saturated carbocycles. The summed E-state index contributed by atoms with van der Waals surface area (Å²) in [6.07, 6.45) is 2.34. The number of hydrogen-bond acceptors (Lipinski definition) is 5. The van der Waals surface area contributed by atoms with Gasteiger partial charge in [-0.05, 0) is 33.1 Å². The molecule has 0 aromatic carbocycles. The lowest BCUT2D eigenvalue weighted by molar-refractivity contribution is -0.147. The van der Waals surface area contributed by atoms with Crippen molar-refractivity contribution in [1.29, 1.82) is 0 Å². The van der Waals surface area contributed by atoms with Crippen LogP contribution in [-0.2, 0) is 14.3 Å². The van der Waals surface area contributed by atoms with Gasteiger partial charge < -0.3 is 15.2 Å². The molecule has 0 aromatic rings. The lowest BCUT2D eigenvalue weighted by Crippen LogP contribution is -2.57. The summed E-state index contributed by atoms with van der Waals surface area (Å²) in [4.78, 5) is 14.2. The van der Waals surface area contributed by atoms with Gasteiger partial charge in [0.15, 0.2) is 0 Å². The lowest BCUT2D eigenvalue weighted by Gasteiger charge is -2.46. The van der Waals surface area contributed by atoms with Crippen LogP contribution < -0.4 is 5.73 Å². The Morgan fingerprint density at radius 1 is 1.50 bits per heavy atom. The Hall–Kier alpha value is -0.650. The van der Waals surface area contributed by atoms with Gasteiger partial charge in [-0.2, -0.15) is 0 Å². The van der Waals surface area contributed by atoms with Crippen LogP contribution in [0.5, 0.6) is 0 Å². The molecule has 5 heteroatoms. The smallest absolute Gasteiger partial charge is 0.325 e. The molecule has 1 aliphatic heterocycles. The first-order valence-electron chi connectivity index (χ1n) is 6.61. The van der Waals surface area contributed by atoms with E-state index in [1.165, 1.54) is 7.11 Å². The zero-order chi connectivity index (χ0) is 13.4. The molecule has 0 bridgehead atoms. The van der Waals surface area contributed by atoms with Crippen LogP contribution in [0, 0.1) is 0 Å². The van der Waals surface area contributed by atoms with Crippen LogP contribution >= 0.6 is 0 Å². The predicted molar refractivity (Wildman–Crippen MR) is 68.2 cm³/mol. The summed E-state index contributed by atoms with van der Waals surface area (Å²) in [6.45, 7) is 6.77. The summed E-state index contributed by atoms with van der Waals surface area (Å²) in [6, 6.07) is 0.355. The zero-order valence-electron chi connectivity index (χ0n) is 11.6. The first-order chi connectivity index (χ1) is 8.39. The third-order valence-corrected chi connectivity index (χ3v) is 4.27. The quantitative estimate of drug-likeness (QED) is 0.730. The van der Waals surface area contributed by atoms with Gasteiger partial charge in [0.05, 0.1) is 20.3 Å². The molecule has 2 N–H and O–H groups in total. The number of morpholine rings is 1. The van der Waals surface area contributed by atoms with Crippen molar-refractivity contribution in [2.24, 2.45) is 5.73 Å². The van der Waals surface area contributed by atoms with E-state index in [2.05, 4.69) is 18.7 Å². The Morgan fingerprint density at radius 3 is 2.83 bits per heavy atom. The number of hydrogen-bond donors (Lipinski definition) is 1. The molecule has 0 amide bonds. The number of esters is 1. The van der Waals surface area contributed by atoms with E-state index in [1.54, 1.807) is 0 Å². The number of methoxy groups -OCH3 is 1. The molecule has 2 unspecified atom stereocenters. The van der Waals surface area contributed by atoms with Crippen LogP contribution in [0.1, 0.15) is 33.1 Å². The molecular weight excluding hydrogens is 232 g/mol. The van der Waals surface area contributed by atoms with E-state index in [0.29, 0.717) is 18.9 Å². The van der Waals surface area contributed by atoms with Crippen molar-refractivity contribution in [1.82, 2.24) is 4.90 Å². The number of carbonyl (C=O) groups excluding carboxylic acids is 1. The van der Waals surface area contributed by atoms with Gasteiger partial charge in [0.1, 0.15) is 5.54 Å². The molecule has 2 aliphatic rings. The monoisotopic (exact) mass is 256 g/mol. The molecule has 0 spiro atoms. The fourth-order valence-corrected chi connectivity index (χ4v) is 3.25. The Labute approximate surface area is 109 Å². The third kappa shape index (κ3) is 2.39. The second kappa shape index (κ2) is 4.79. The van der Waals surface area contributed by atoms with Gasteiger partial charge in [0.25, 0.3) is 0 Å². The fraction of sp³-hybridized carbons (Fsp3) is 0.923. The number of nitrogens with zero attached hydrogens (tertiary/aromatic N) is 1. The molecule has 1 heterocycles. The Bertz CT molecular complexity index is 332. The Morgan fingerprint density at radius 2 is 2.22 bits per heavy atom. The van der Waals surface area contributed by atoms with E-state index >= 15 is 0 Å². The summed E-state index contributed by atoms with van der Waals surface area (Å²) >= 11 is 0. The second-order valence-corrected chi connectivity index (χ2v) is 6.10. The molecule has 0 aromatic heterocycles. The number of ether oxygens (including phenoxy) is 2. The van der Waals surface area contributed by atoms with Gasteiger partial charge in [0, 0.05) is 18.1 Å². The highest BCUT2D eigenvalue weighted by Gasteiger charge is 2.47. The van der Waals surface area contributed by atoms with Crippen LogP contribution in [0.15, 0.2) is 0 Å². The van der Waals surface area contributed by atoms with Gasteiger partial charge in [-0.25, -0.2) is 0 Å². The molecule has 2 rings (SSSR count). The highest BCUT2D eigenvalue weighted by atomic mass is 16.5. The van der Waals surface area contributed by atoms with Crippen LogP contribution in [0.2, 0.25) is 0 Å². The minimum absolute atomic E-state index is 0.0181. The zero-order valence-corrected chi connectivity index (χ0v) is 11.6. The van der Waals surface area contributed by atoms with Crippen LogP contribution in [0.25, 0.3) is 0 Å². The number of rotatable bonds is 2. The molecule has 5 nitrogen and oxygen atoms in total. The topological polar surface area (TPSA) is 64.8 Å². The summed E-state index contributed by atoms with van der Waals surface area (Å²) in [5.74, 6) is -0.281. The summed E-state index contributed by atoms with van der Waals surface area (Å²) in [5, 5.41) is 0. The van der Waals surface area contributed by atoms with Crippen molar-refractivity contribution >= 4 is 5.97 Å². The first-order valence-corrected chi connectivity index (χ1v) is 6.61. The largest absolute Gasteiger partial charge is 0.468 e. The molecule has 1 saturated heterocycles. The van der Waals surface area contributed by atoms with Crippen molar-refractivity contribution in [3.8, 4) is 0 Å². The van der Waals surface area contributed by atoms with E-state index in [0.717, 1.165) is 26.2 Å². The second-order valence-electron chi connectivity index (χ2n) is 6.10. The van der Waals surface area contributed by atoms with Crippen LogP contribution in [0.4, 0.5) is 0 Å². The van der Waals surface area contributed by atoms with E-state index in [9.17, 15) is 4.79 Å². The first kappa shape index (κ1) is 13.8. The lowest BCUT2D eigenvalue weighted by atomic mass is 9.96. The normalized spacial score (nSPS) is 36.6. The van der Waals surface area contributed by atoms with Gasteiger partial charge in [-0.1, -0.05) is 0 Å². The van der Waals surface area contributed by atoms with Crippen LogP contribution in [-0.4, -0.2) is 54.9 Å². The van der Waals surface area contributed by atoms with Crippen molar-refractivity contribution in [3.63, 3.8) is 0 Å². The van der Waals surface area contributed by atoms with Crippen molar-refractivity contribution in [3.05, 3.63) is 0 Å². The summed E-state index contributed by atoms with van der Waals surface area (Å²) < 4.78 is 10.3. The minimum atomic E-state index is -0.798. The summed E-state index contributed by atoms with van der Waals surface area (Å²) in [5.41, 5.74) is 5.39. The van der Waals surface area contributed by atoms with Crippen molar-refractivity contribution in [2.75, 3.05) is 26.9 Å². The van der Waals surface area contributed by atoms with Gasteiger partial charge >= 0.3 is 5.97 Å². The van der Waals surface area contributed by atoms with E-state index in [-0.39, 0.29) is 11.5 Å². The highest BCUT2D eigenvalue weighted by Crippen LogP contribution is 2.36. The summed E-state index contributed by atoms with van der Waals surface area (Å²) in [7, 11) is 1.41. The van der Waals surface area contributed by atoms with Crippen LogP contribution in [0.3, 0.4) is 0 Å². The maximum absolute atomic E-state index is 11.7. The average molecular weight is 256 g/mol. The van der Waals surface area contributed by atoms with Gasteiger partial charge in [-0.15, -0.1) is 0 Å². The average Bonchev–Trinajstić information content (AvgIpc) is 2.71. The van der Waals surface area contributed by atoms with E-state index in [4.69, 9.17) is 15.2 Å². The molecule has 1 aliphatic carbocycles. The molecule has 2 atom stereocenters. The highest BCUT2D eigenvalue weighted by molar-refractivity contribution is 5.81. The van der Waals surface area contributed by atoms with Crippen molar-refractivity contribution in [2.45, 2.75) is 50.2 Å². The van der Waals surface area contributed by atoms with Crippen molar-refractivity contribution < 1.29 is 14.3 Å². The Kier molecular flexibility index (Phi) is 3.67. The molecule has 18 heavy (non-hydrogen) atoms. The predicted octanol–water partition coefficient (Wildman–Crippen LogP) is 0.520. The van der Waals surface area contributed by atoms with E-state index in [1.807, 2.05) is 0 Å². The number of nitrogens with two attached hydrogens (primary N) is 1. The third-order valence-electron chi connectivity index (χ3n) is 4.27. The molecule has 0 radical (unpaired) electrons.